The minimum absolute atomic E-state index is 0.587. The highest BCUT2D eigenvalue weighted by molar-refractivity contribution is 5.49. The maximum Gasteiger partial charge on any atom is 0.227 e. The minimum atomic E-state index is 0.587. The Morgan fingerprint density at radius 3 is 2.75 bits per heavy atom. The number of ether oxygens (including phenoxy) is 1. The lowest BCUT2D eigenvalue weighted by Crippen LogP contribution is -2.08. The number of aromatic nitrogens is 3. The van der Waals surface area contributed by atoms with Gasteiger partial charge in [-0.2, -0.15) is 4.98 Å². The second-order valence-corrected chi connectivity index (χ2v) is 4.49. The molecule has 0 saturated heterocycles. The minimum Gasteiger partial charge on any atom is -0.437 e. The van der Waals surface area contributed by atoms with Gasteiger partial charge in [-0.1, -0.05) is 13.8 Å². The molecule has 5 heteroatoms. The monoisotopic (exact) mass is 272 g/mol. The predicted molar refractivity (Wildman–Crippen MR) is 79.2 cm³/mol. The second-order valence-electron chi connectivity index (χ2n) is 4.49. The molecule has 0 saturated carbocycles. The fraction of sp³-hybridized carbons (Fsp3) is 0.400. The van der Waals surface area contributed by atoms with Crippen molar-refractivity contribution in [3.63, 3.8) is 0 Å². The molecule has 5 nitrogen and oxygen atoms in total. The maximum absolute atomic E-state index is 5.82. The molecule has 20 heavy (non-hydrogen) atoms. The topological polar surface area (TPSA) is 59.9 Å². The number of hydrogen-bond donors (Lipinski definition) is 1. The van der Waals surface area contributed by atoms with Crippen molar-refractivity contribution in [3.8, 4) is 11.6 Å². The summed E-state index contributed by atoms with van der Waals surface area (Å²) in [6.07, 6.45) is 5.20. The summed E-state index contributed by atoms with van der Waals surface area (Å²) >= 11 is 0. The van der Waals surface area contributed by atoms with Crippen LogP contribution in [0.5, 0.6) is 11.6 Å². The number of nitrogens with zero attached hydrogens (tertiary/aromatic N) is 3. The Hall–Kier alpha value is -2.17. The van der Waals surface area contributed by atoms with E-state index < -0.39 is 0 Å². The van der Waals surface area contributed by atoms with Gasteiger partial charge < -0.3 is 10.1 Å². The van der Waals surface area contributed by atoms with Crippen LogP contribution in [0.2, 0.25) is 0 Å². The largest absolute Gasteiger partial charge is 0.437 e. The smallest absolute Gasteiger partial charge is 0.227 e. The third kappa shape index (κ3) is 3.44. The van der Waals surface area contributed by atoms with Crippen LogP contribution in [-0.4, -0.2) is 21.5 Å². The zero-order valence-corrected chi connectivity index (χ0v) is 12.2. The molecule has 0 spiro atoms. The lowest BCUT2D eigenvalue weighted by atomic mass is 10.3. The molecule has 0 fully saturated rings. The van der Waals surface area contributed by atoms with Crippen LogP contribution in [-0.2, 0) is 6.42 Å². The van der Waals surface area contributed by atoms with Crippen molar-refractivity contribution < 1.29 is 4.74 Å². The molecule has 2 rings (SSSR count). The first-order valence-corrected chi connectivity index (χ1v) is 6.93. The van der Waals surface area contributed by atoms with Gasteiger partial charge in [0.25, 0.3) is 0 Å². The SMILES string of the molecule is CCCNc1nc(CC)nc(Oc2cccnc2)c1C. The number of pyridine rings is 1. The van der Waals surface area contributed by atoms with E-state index in [9.17, 15) is 0 Å². The molecule has 106 valence electrons. The van der Waals surface area contributed by atoms with E-state index in [-0.39, 0.29) is 0 Å². The number of rotatable bonds is 6. The van der Waals surface area contributed by atoms with Gasteiger partial charge in [0.05, 0.1) is 11.8 Å². The van der Waals surface area contributed by atoms with Crippen molar-refractivity contribution in [2.75, 3.05) is 11.9 Å². The molecule has 0 radical (unpaired) electrons. The third-order valence-electron chi connectivity index (χ3n) is 2.86. The van der Waals surface area contributed by atoms with Crippen molar-refractivity contribution in [2.24, 2.45) is 0 Å². The van der Waals surface area contributed by atoms with Gasteiger partial charge in [-0.3, -0.25) is 4.98 Å². The molecule has 1 N–H and O–H groups in total. The Morgan fingerprint density at radius 1 is 1.25 bits per heavy atom. The van der Waals surface area contributed by atoms with Gasteiger partial charge in [0.15, 0.2) is 0 Å². The molecule has 2 aromatic rings. The molecule has 0 bridgehead atoms. The van der Waals surface area contributed by atoms with Crippen molar-refractivity contribution in [1.29, 1.82) is 0 Å². The van der Waals surface area contributed by atoms with Crippen LogP contribution in [0.25, 0.3) is 0 Å². The first-order valence-electron chi connectivity index (χ1n) is 6.93. The molecule has 0 amide bonds. The molecular formula is C15H20N4O. The van der Waals surface area contributed by atoms with Crippen LogP contribution in [0.3, 0.4) is 0 Å². The van der Waals surface area contributed by atoms with Gasteiger partial charge in [0.2, 0.25) is 5.88 Å². The van der Waals surface area contributed by atoms with E-state index in [1.54, 1.807) is 12.4 Å². The van der Waals surface area contributed by atoms with E-state index in [4.69, 9.17) is 4.74 Å². The Kier molecular flexibility index (Phi) is 4.87. The van der Waals surface area contributed by atoms with Gasteiger partial charge in [-0.15, -0.1) is 0 Å². The van der Waals surface area contributed by atoms with E-state index in [2.05, 4.69) is 27.2 Å². The average Bonchev–Trinajstić information content (AvgIpc) is 2.49. The van der Waals surface area contributed by atoms with Crippen LogP contribution in [0, 0.1) is 6.92 Å². The molecule has 2 aromatic heterocycles. The fourth-order valence-corrected chi connectivity index (χ4v) is 1.73. The van der Waals surface area contributed by atoms with E-state index in [1.165, 1.54) is 0 Å². The highest BCUT2D eigenvalue weighted by atomic mass is 16.5. The highest BCUT2D eigenvalue weighted by Crippen LogP contribution is 2.26. The van der Waals surface area contributed by atoms with Gasteiger partial charge in [0, 0.05) is 19.2 Å². The van der Waals surface area contributed by atoms with Crippen LogP contribution >= 0.6 is 0 Å². The molecule has 0 aromatic carbocycles. The van der Waals surface area contributed by atoms with Gasteiger partial charge in [-0.05, 0) is 25.5 Å². The Morgan fingerprint density at radius 2 is 2.10 bits per heavy atom. The maximum atomic E-state index is 5.82. The zero-order chi connectivity index (χ0) is 14.4. The number of aryl methyl sites for hydroxylation is 1. The Balaban J connectivity index is 2.31. The molecular weight excluding hydrogens is 252 g/mol. The van der Waals surface area contributed by atoms with Crippen molar-refractivity contribution in [2.45, 2.75) is 33.6 Å². The van der Waals surface area contributed by atoms with E-state index >= 15 is 0 Å². The number of nitrogens with one attached hydrogen (secondary N) is 1. The summed E-state index contributed by atoms with van der Waals surface area (Å²) in [5.41, 5.74) is 0.916. The molecule has 0 atom stereocenters. The lowest BCUT2D eigenvalue weighted by molar-refractivity contribution is 0.453. The van der Waals surface area contributed by atoms with Gasteiger partial charge in [0.1, 0.15) is 17.4 Å². The second kappa shape index (κ2) is 6.84. The lowest BCUT2D eigenvalue weighted by Gasteiger charge is -2.13. The van der Waals surface area contributed by atoms with Gasteiger partial charge >= 0.3 is 0 Å². The summed E-state index contributed by atoms with van der Waals surface area (Å²) in [5.74, 6) is 2.88. The number of hydrogen-bond acceptors (Lipinski definition) is 5. The van der Waals surface area contributed by atoms with Crippen LogP contribution in [0.1, 0.15) is 31.7 Å². The van der Waals surface area contributed by atoms with E-state index in [1.807, 2.05) is 26.0 Å². The fourth-order valence-electron chi connectivity index (χ4n) is 1.73. The Bertz CT molecular complexity index is 557. The first kappa shape index (κ1) is 14.2. The molecule has 2 heterocycles. The predicted octanol–water partition coefficient (Wildman–Crippen LogP) is 3.36. The van der Waals surface area contributed by atoms with Crippen molar-refractivity contribution >= 4 is 5.82 Å². The summed E-state index contributed by atoms with van der Waals surface area (Å²) in [6.45, 7) is 7.00. The quantitative estimate of drug-likeness (QED) is 0.873. The highest BCUT2D eigenvalue weighted by Gasteiger charge is 2.12. The molecule has 0 aliphatic carbocycles. The standard InChI is InChI=1S/C15H20N4O/c1-4-8-17-14-11(3)15(19-13(5-2)18-14)20-12-7-6-9-16-10-12/h6-7,9-10H,4-5,8H2,1-3H3,(H,17,18,19). The van der Waals surface area contributed by atoms with Gasteiger partial charge in [-0.25, -0.2) is 4.98 Å². The number of anilines is 1. The molecule has 0 aliphatic rings. The van der Waals surface area contributed by atoms with E-state index in [0.29, 0.717) is 11.6 Å². The van der Waals surface area contributed by atoms with Crippen LogP contribution < -0.4 is 10.1 Å². The summed E-state index contributed by atoms with van der Waals surface area (Å²) < 4.78 is 5.82. The summed E-state index contributed by atoms with van der Waals surface area (Å²) in [5, 5.41) is 3.32. The average molecular weight is 272 g/mol. The third-order valence-corrected chi connectivity index (χ3v) is 2.86. The first-order chi connectivity index (χ1) is 9.74. The van der Waals surface area contributed by atoms with Crippen LogP contribution in [0.4, 0.5) is 5.82 Å². The summed E-state index contributed by atoms with van der Waals surface area (Å²) in [7, 11) is 0. The van der Waals surface area contributed by atoms with Crippen molar-refractivity contribution in [1.82, 2.24) is 15.0 Å². The zero-order valence-electron chi connectivity index (χ0n) is 12.2. The Labute approximate surface area is 119 Å². The van der Waals surface area contributed by atoms with E-state index in [0.717, 1.165) is 36.6 Å². The molecule has 0 unspecified atom stereocenters. The van der Waals surface area contributed by atoms with Crippen molar-refractivity contribution in [3.05, 3.63) is 35.9 Å². The van der Waals surface area contributed by atoms with Crippen LogP contribution in [0.15, 0.2) is 24.5 Å². The normalized spacial score (nSPS) is 10.3. The summed E-state index contributed by atoms with van der Waals surface area (Å²) in [6, 6.07) is 3.70. The summed E-state index contributed by atoms with van der Waals surface area (Å²) in [4.78, 5) is 13.0. The molecule has 0 aliphatic heterocycles.